The van der Waals surface area contributed by atoms with E-state index in [-0.39, 0.29) is 11.5 Å². The molecule has 0 amide bonds. The van der Waals surface area contributed by atoms with Crippen LogP contribution in [-0.2, 0) is 0 Å². The average Bonchev–Trinajstić information content (AvgIpc) is 2.72. The van der Waals surface area contributed by atoms with Crippen molar-refractivity contribution in [3.8, 4) is 23.0 Å². The molecule has 0 saturated heterocycles. The first-order valence-corrected chi connectivity index (χ1v) is 8.38. The zero-order valence-corrected chi connectivity index (χ0v) is 15.4. The van der Waals surface area contributed by atoms with Gasteiger partial charge in [-0.15, -0.1) is 0 Å². The molecule has 0 saturated carbocycles. The molecular weight excluding hydrogens is 358 g/mol. The highest BCUT2D eigenvalue weighted by Crippen LogP contribution is 2.28. The Hall–Kier alpha value is -3.87. The maximum absolute atomic E-state index is 10.0. The summed E-state index contributed by atoms with van der Waals surface area (Å²) in [5, 5.41) is 20.1. The van der Waals surface area contributed by atoms with Gasteiger partial charge in [0.05, 0.1) is 14.2 Å². The van der Waals surface area contributed by atoms with Crippen molar-refractivity contribution in [2.24, 2.45) is 9.98 Å². The van der Waals surface area contributed by atoms with Gasteiger partial charge in [-0.05, 0) is 36.4 Å². The van der Waals surface area contributed by atoms with E-state index in [9.17, 15) is 10.2 Å². The smallest absolute Gasteiger partial charge is 0.178 e. The van der Waals surface area contributed by atoms with Crippen molar-refractivity contribution >= 4 is 23.9 Å². The highest BCUT2D eigenvalue weighted by Gasteiger charge is 2.04. The van der Waals surface area contributed by atoms with Gasteiger partial charge >= 0.3 is 0 Å². The lowest BCUT2D eigenvalue weighted by molar-refractivity contribution is 0.407. The molecule has 0 bridgehead atoms. The number of phenolic OH excluding ortho intramolecular Hbond substituents is 2. The molecule has 2 N–H and O–H groups in total. The van der Waals surface area contributed by atoms with Gasteiger partial charge in [0.25, 0.3) is 0 Å². The predicted octanol–water partition coefficient (Wildman–Crippen LogP) is 4.01. The van der Waals surface area contributed by atoms with Gasteiger partial charge in [0.1, 0.15) is 28.7 Å². The summed E-state index contributed by atoms with van der Waals surface area (Å²) in [5.74, 6) is 1.59. The molecule has 2 aromatic carbocycles. The lowest BCUT2D eigenvalue weighted by Crippen LogP contribution is -1.87. The summed E-state index contributed by atoms with van der Waals surface area (Å²) in [6.07, 6.45) is 4.63. The number of aromatic hydroxyl groups is 2. The molecule has 0 aliphatic heterocycles. The normalized spacial score (nSPS) is 11.2. The maximum Gasteiger partial charge on any atom is 0.178 e. The molecule has 7 nitrogen and oxygen atoms in total. The third kappa shape index (κ3) is 4.45. The molecule has 0 aliphatic carbocycles. The number of hydrogen-bond donors (Lipinski definition) is 2. The van der Waals surface area contributed by atoms with Crippen molar-refractivity contribution in [2.45, 2.75) is 0 Å². The lowest BCUT2D eigenvalue weighted by atomic mass is 10.2. The monoisotopic (exact) mass is 377 g/mol. The minimum absolute atomic E-state index is 0.0484. The van der Waals surface area contributed by atoms with Gasteiger partial charge in [-0.3, -0.25) is 4.99 Å². The van der Waals surface area contributed by atoms with E-state index in [4.69, 9.17) is 9.47 Å². The van der Waals surface area contributed by atoms with Crippen LogP contribution in [0.4, 0.5) is 11.5 Å². The summed E-state index contributed by atoms with van der Waals surface area (Å²) in [4.78, 5) is 12.9. The minimum Gasteiger partial charge on any atom is -0.507 e. The Labute approximate surface area is 162 Å². The molecule has 7 heteroatoms. The molecule has 0 fully saturated rings. The van der Waals surface area contributed by atoms with Crippen LogP contribution in [0.1, 0.15) is 11.1 Å². The van der Waals surface area contributed by atoms with E-state index < -0.39 is 0 Å². The largest absolute Gasteiger partial charge is 0.507 e. The van der Waals surface area contributed by atoms with Crippen molar-refractivity contribution < 1.29 is 19.7 Å². The first-order valence-electron chi connectivity index (χ1n) is 8.38. The summed E-state index contributed by atoms with van der Waals surface area (Å²) in [6.45, 7) is 0. The summed E-state index contributed by atoms with van der Waals surface area (Å²) in [7, 11) is 3.06. The predicted molar refractivity (Wildman–Crippen MR) is 108 cm³/mol. The molecule has 1 heterocycles. The van der Waals surface area contributed by atoms with Gasteiger partial charge in [-0.2, -0.15) is 0 Å². The van der Waals surface area contributed by atoms with E-state index in [0.29, 0.717) is 34.1 Å². The summed E-state index contributed by atoms with van der Waals surface area (Å²) >= 11 is 0. The van der Waals surface area contributed by atoms with Crippen molar-refractivity contribution in [1.82, 2.24) is 4.98 Å². The molecule has 3 aromatic rings. The van der Waals surface area contributed by atoms with Crippen LogP contribution in [0, 0.1) is 0 Å². The minimum atomic E-state index is 0.0484. The first kappa shape index (κ1) is 18.9. The van der Waals surface area contributed by atoms with E-state index in [1.54, 1.807) is 42.6 Å². The lowest BCUT2D eigenvalue weighted by Gasteiger charge is -2.04. The van der Waals surface area contributed by atoms with Crippen LogP contribution in [0.2, 0.25) is 0 Å². The van der Waals surface area contributed by atoms with E-state index in [1.807, 2.05) is 0 Å². The molecule has 1 aromatic heterocycles. The van der Waals surface area contributed by atoms with Crippen LogP contribution >= 0.6 is 0 Å². The molecule has 0 atom stereocenters. The van der Waals surface area contributed by atoms with E-state index >= 15 is 0 Å². The number of aromatic nitrogens is 1. The molecule has 3 rings (SSSR count). The van der Waals surface area contributed by atoms with E-state index in [0.717, 1.165) is 0 Å². The average molecular weight is 377 g/mol. The number of phenols is 2. The number of ether oxygens (including phenoxy) is 2. The number of aliphatic imine (C=N–C) groups is 2. The van der Waals surface area contributed by atoms with Crippen molar-refractivity contribution in [3.05, 3.63) is 65.9 Å². The van der Waals surface area contributed by atoms with Gasteiger partial charge in [0, 0.05) is 41.9 Å². The Morgan fingerprint density at radius 3 is 1.93 bits per heavy atom. The van der Waals surface area contributed by atoms with Gasteiger partial charge < -0.3 is 19.7 Å². The van der Waals surface area contributed by atoms with Gasteiger partial charge in [0.2, 0.25) is 0 Å². The first-order chi connectivity index (χ1) is 13.6. The van der Waals surface area contributed by atoms with E-state index in [2.05, 4.69) is 15.0 Å². The van der Waals surface area contributed by atoms with Crippen molar-refractivity contribution in [3.63, 3.8) is 0 Å². The second-order valence-corrected chi connectivity index (χ2v) is 5.71. The highest BCUT2D eigenvalue weighted by atomic mass is 16.5. The van der Waals surface area contributed by atoms with Crippen LogP contribution < -0.4 is 9.47 Å². The van der Waals surface area contributed by atoms with Gasteiger partial charge in [-0.1, -0.05) is 0 Å². The Kier molecular flexibility index (Phi) is 5.86. The standard InChI is InChI=1S/C21H19N3O4/c1-27-16-7-5-14(19(25)10-16)12-23-18-4-3-9-22-21(18)24-13-15-6-8-17(28-2)11-20(15)26/h3-13,25-26H,1-2H3/b23-12?,24-13+. The Morgan fingerprint density at radius 1 is 0.821 bits per heavy atom. The fraction of sp³-hybridized carbons (Fsp3) is 0.0952. The molecular formula is C21H19N3O4. The second kappa shape index (κ2) is 8.68. The number of rotatable bonds is 6. The van der Waals surface area contributed by atoms with E-state index in [1.165, 1.54) is 38.8 Å². The topological polar surface area (TPSA) is 96.5 Å². The fourth-order valence-corrected chi connectivity index (χ4v) is 2.38. The molecule has 0 aliphatic rings. The molecule has 0 radical (unpaired) electrons. The Balaban J connectivity index is 1.85. The van der Waals surface area contributed by atoms with Crippen molar-refractivity contribution in [2.75, 3.05) is 14.2 Å². The molecule has 28 heavy (non-hydrogen) atoms. The third-order valence-corrected chi connectivity index (χ3v) is 3.91. The molecule has 142 valence electrons. The summed E-state index contributed by atoms with van der Waals surface area (Å²) in [6, 6.07) is 13.4. The zero-order valence-electron chi connectivity index (χ0n) is 15.4. The maximum atomic E-state index is 10.0. The third-order valence-electron chi connectivity index (χ3n) is 3.91. The van der Waals surface area contributed by atoms with Crippen LogP contribution in [0.3, 0.4) is 0 Å². The molecule has 0 unspecified atom stereocenters. The Bertz CT molecular complexity index is 949. The van der Waals surface area contributed by atoms with Gasteiger partial charge in [-0.25, -0.2) is 9.98 Å². The summed E-state index contributed by atoms with van der Waals surface area (Å²) < 4.78 is 10.1. The number of methoxy groups -OCH3 is 2. The number of nitrogens with zero attached hydrogens (tertiary/aromatic N) is 3. The second-order valence-electron chi connectivity index (χ2n) is 5.71. The van der Waals surface area contributed by atoms with Crippen LogP contribution in [0.5, 0.6) is 23.0 Å². The number of hydrogen-bond acceptors (Lipinski definition) is 7. The number of pyridine rings is 1. The van der Waals surface area contributed by atoms with Crippen LogP contribution in [0.15, 0.2) is 64.7 Å². The zero-order chi connectivity index (χ0) is 19.9. The highest BCUT2D eigenvalue weighted by molar-refractivity contribution is 5.89. The van der Waals surface area contributed by atoms with Crippen molar-refractivity contribution in [1.29, 1.82) is 0 Å². The molecule has 0 spiro atoms. The van der Waals surface area contributed by atoms with Crippen LogP contribution in [-0.4, -0.2) is 41.8 Å². The SMILES string of the molecule is COc1ccc(C=Nc2cccnc2/N=C/c2ccc(OC)cc2O)c(O)c1. The quantitative estimate of drug-likeness (QED) is 0.633. The Morgan fingerprint density at radius 2 is 1.39 bits per heavy atom. The van der Waals surface area contributed by atoms with Crippen LogP contribution in [0.25, 0.3) is 0 Å². The summed E-state index contributed by atoms with van der Waals surface area (Å²) in [5.41, 5.74) is 1.57. The van der Waals surface area contributed by atoms with Gasteiger partial charge in [0.15, 0.2) is 5.82 Å². The fourth-order valence-electron chi connectivity index (χ4n) is 2.38. The number of benzene rings is 2.